The van der Waals surface area contributed by atoms with Crippen molar-refractivity contribution in [3.63, 3.8) is 0 Å². The van der Waals surface area contributed by atoms with Gasteiger partial charge in [-0.15, -0.1) is 0 Å². The van der Waals surface area contributed by atoms with E-state index in [9.17, 15) is 14.7 Å². The number of aromatic nitrogens is 2. The van der Waals surface area contributed by atoms with Crippen molar-refractivity contribution >= 4 is 11.9 Å². The number of hydrogen-bond acceptors (Lipinski definition) is 4. The number of carbonyl (C=O) groups excluding carboxylic acids is 1. The molecule has 7 nitrogen and oxygen atoms in total. The van der Waals surface area contributed by atoms with Crippen LogP contribution >= 0.6 is 0 Å². The molecule has 2 N–H and O–H groups in total. The molecule has 0 saturated carbocycles. The van der Waals surface area contributed by atoms with E-state index < -0.39 is 11.6 Å². The van der Waals surface area contributed by atoms with Crippen LogP contribution in [0.25, 0.3) is 11.3 Å². The normalized spacial score (nSPS) is 11.8. The molecule has 0 aliphatic carbocycles. The number of carboxylic acid groups (broad SMARTS) is 1. The number of nitrogens with one attached hydrogen (secondary N) is 1. The third-order valence-electron chi connectivity index (χ3n) is 7.09. The summed E-state index contributed by atoms with van der Waals surface area (Å²) in [6.07, 6.45) is 0.749. The SMILES string of the molecule is Cc1cc(CNC(=O)c2cc(-c3ccc(C(C)(C)C)cc3)nn2CCc2ccccc2)ccc1OC(C)(C)C(=O)O. The van der Waals surface area contributed by atoms with Crippen molar-refractivity contribution in [1.82, 2.24) is 15.1 Å². The number of amides is 1. The molecule has 0 aliphatic rings. The molecule has 0 bridgehead atoms. The van der Waals surface area contributed by atoms with Gasteiger partial charge in [0.2, 0.25) is 0 Å². The second-order valence-electron chi connectivity index (χ2n) is 11.9. The Morgan fingerprint density at radius 3 is 2.20 bits per heavy atom. The molecular weight excluding hydrogens is 514 g/mol. The lowest BCUT2D eigenvalue weighted by Gasteiger charge is -2.23. The molecule has 0 fully saturated rings. The molecule has 1 aromatic heterocycles. The van der Waals surface area contributed by atoms with Crippen molar-refractivity contribution in [2.45, 2.75) is 72.1 Å². The third kappa shape index (κ3) is 7.42. The number of carbonyl (C=O) groups is 2. The number of ether oxygens (including phenoxy) is 1. The Morgan fingerprint density at radius 2 is 1.59 bits per heavy atom. The maximum Gasteiger partial charge on any atom is 0.347 e. The first-order valence-corrected chi connectivity index (χ1v) is 13.9. The standard InChI is InChI=1S/C34H39N3O4/c1-23-20-25(12-17-30(23)41-34(5,6)32(39)40)22-35-31(38)29-21-28(26-13-15-27(16-14-26)33(2,3)4)36-37(29)19-18-24-10-8-7-9-11-24/h7-17,20-21H,18-19,22H2,1-6H3,(H,35,38)(H,39,40). The van der Waals surface area contributed by atoms with E-state index in [1.54, 1.807) is 10.7 Å². The van der Waals surface area contributed by atoms with Crippen molar-refractivity contribution in [2.24, 2.45) is 0 Å². The van der Waals surface area contributed by atoms with E-state index in [1.807, 2.05) is 43.3 Å². The van der Waals surface area contributed by atoms with Crippen molar-refractivity contribution in [2.75, 3.05) is 0 Å². The zero-order valence-corrected chi connectivity index (χ0v) is 24.7. The van der Waals surface area contributed by atoms with Crippen LogP contribution in [0.4, 0.5) is 0 Å². The van der Waals surface area contributed by atoms with Gasteiger partial charge in [0, 0.05) is 18.7 Å². The molecule has 1 amide bonds. The molecule has 7 heteroatoms. The van der Waals surface area contributed by atoms with Crippen LogP contribution in [0, 0.1) is 6.92 Å². The first-order valence-electron chi connectivity index (χ1n) is 13.9. The Hall–Kier alpha value is -4.39. The molecule has 4 rings (SSSR count). The lowest BCUT2D eigenvalue weighted by Crippen LogP contribution is -2.38. The Labute approximate surface area is 242 Å². The number of nitrogens with zero attached hydrogens (tertiary/aromatic N) is 2. The molecule has 1 heterocycles. The van der Waals surface area contributed by atoms with Gasteiger partial charge < -0.3 is 15.2 Å². The van der Waals surface area contributed by atoms with Gasteiger partial charge in [-0.2, -0.15) is 5.10 Å². The number of hydrogen-bond donors (Lipinski definition) is 2. The minimum Gasteiger partial charge on any atom is -0.478 e. The quantitative estimate of drug-likeness (QED) is 0.232. The molecule has 0 radical (unpaired) electrons. The maximum absolute atomic E-state index is 13.4. The molecule has 3 aromatic carbocycles. The van der Waals surface area contributed by atoms with E-state index >= 15 is 0 Å². The van der Waals surface area contributed by atoms with Gasteiger partial charge in [-0.3, -0.25) is 9.48 Å². The molecule has 214 valence electrons. The van der Waals surface area contributed by atoms with Crippen LogP contribution in [-0.2, 0) is 29.7 Å². The first-order chi connectivity index (χ1) is 19.3. The van der Waals surface area contributed by atoms with Crippen LogP contribution in [0.3, 0.4) is 0 Å². The van der Waals surface area contributed by atoms with E-state index in [0.29, 0.717) is 24.5 Å². The summed E-state index contributed by atoms with van der Waals surface area (Å²) in [6.45, 7) is 12.3. The predicted octanol–water partition coefficient (Wildman–Crippen LogP) is 6.57. The van der Waals surface area contributed by atoms with E-state index in [4.69, 9.17) is 9.84 Å². The number of rotatable bonds is 10. The fourth-order valence-corrected chi connectivity index (χ4v) is 4.46. The zero-order chi connectivity index (χ0) is 29.8. The molecule has 0 spiro atoms. The van der Waals surface area contributed by atoms with Gasteiger partial charge in [0.25, 0.3) is 5.91 Å². The van der Waals surface area contributed by atoms with E-state index in [-0.39, 0.29) is 11.3 Å². The molecular formula is C34H39N3O4. The van der Waals surface area contributed by atoms with E-state index in [0.717, 1.165) is 28.8 Å². The van der Waals surface area contributed by atoms with Gasteiger partial charge in [-0.25, -0.2) is 4.79 Å². The highest BCUT2D eigenvalue weighted by Gasteiger charge is 2.30. The van der Waals surface area contributed by atoms with Crippen LogP contribution in [0.15, 0.2) is 78.9 Å². The summed E-state index contributed by atoms with van der Waals surface area (Å²) in [5.74, 6) is -0.761. The number of benzene rings is 3. The Balaban J connectivity index is 1.53. The Bertz CT molecular complexity index is 1510. The molecule has 0 atom stereocenters. The number of carboxylic acids is 1. The van der Waals surface area contributed by atoms with Gasteiger partial charge in [-0.1, -0.05) is 87.5 Å². The summed E-state index contributed by atoms with van der Waals surface area (Å²) in [7, 11) is 0. The smallest absolute Gasteiger partial charge is 0.347 e. The molecule has 41 heavy (non-hydrogen) atoms. The lowest BCUT2D eigenvalue weighted by molar-refractivity contribution is -0.152. The fraction of sp³-hybridized carbons (Fsp3) is 0.324. The summed E-state index contributed by atoms with van der Waals surface area (Å²) in [5, 5.41) is 17.2. The topological polar surface area (TPSA) is 93.5 Å². The van der Waals surface area contributed by atoms with Gasteiger partial charge in [0.05, 0.1) is 5.69 Å². The third-order valence-corrected chi connectivity index (χ3v) is 7.09. The average molecular weight is 554 g/mol. The fourth-order valence-electron chi connectivity index (χ4n) is 4.46. The molecule has 0 unspecified atom stereocenters. The van der Waals surface area contributed by atoms with E-state index in [2.05, 4.69) is 62.5 Å². The predicted molar refractivity (Wildman–Crippen MR) is 161 cm³/mol. The summed E-state index contributed by atoms with van der Waals surface area (Å²) < 4.78 is 7.48. The molecule has 4 aromatic rings. The van der Waals surface area contributed by atoms with Crippen molar-refractivity contribution < 1.29 is 19.4 Å². The van der Waals surface area contributed by atoms with Crippen LogP contribution in [0.1, 0.15) is 67.4 Å². The first kappa shape index (κ1) is 29.6. The summed E-state index contributed by atoms with van der Waals surface area (Å²) in [6, 6.07) is 25.8. The minimum atomic E-state index is -1.34. The van der Waals surface area contributed by atoms with Gasteiger partial charge in [0.15, 0.2) is 5.60 Å². The monoisotopic (exact) mass is 553 g/mol. The highest BCUT2D eigenvalue weighted by molar-refractivity contribution is 5.93. The Morgan fingerprint density at radius 1 is 0.902 bits per heavy atom. The van der Waals surface area contributed by atoms with Gasteiger partial charge in [-0.05, 0) is 67.0 Å². The van der Waals surface area contributed by atoms with Crippen molar-refractivity contribution in [1.29, 1.82) is 0 Å². The van der Waals surface area contributed by atoms with Crippen LogP contribution in [0.5, 0.6) is 5.75 Å². The summed E-state index contributed by atoms with van der Waals surface area (Å²) in [4.78, 5) is 24.9. The summed E-state index contributed by atoms with van der Waals surface area (Å²) in [5.41, 5.74) is 5.00. The van der Waals surface area contributed by atoms with Gasteiger partial charge >= 0.3 is 5.97 Å². The second kappa shape index (κ2) is 12.0. The largest absolute Gasteiger partial charge is 0.478 e. The highest BCUT2D eigenvalue weighted by Crippen LogP contribution is 2.27. The van der Waals surface area contributed by atoms with Crippen LogP contribution < -0.4 is 10.1 Å². The molecule has 0 saturated heterocycles. The van der Waals surface area contributed by atoms with Crippen molar-refractivity contribution in [3.8, 4) is 17.0 Å². The maximum atomic E-state index is 13.4. The molecule has 0 aliphatic heterocycles. The summed E-state index contributed by atoms with van der Waals surface area (Å²) >= 11 is 0. The zero-order valence-electron chi connectivity index (χ0n) is 24.7. The number of aliphatic carboxylic acids is 1. The minimum absolute atomic E-state index is 0.0494. The Kier molecular flexibility index (Phi) is 8.66. The van der Waals surface area contributed by atoms with Crippen LogP contribution in [0.2, 0.25) is 0 Å². The highest BCUT2D eigenvalue weighted by atomic mass is 16.5. The lowest BCUT2D eigenvalue weighted by atomic mass is 9.86. The van der Waals surface area contributed by atoms with Crippen molar-refractivity contribution in [3.05, 3.63) is 107 Å². The van der Waals surface area contributed by atoms with Gasteiger partial charge in [0.1, 0.15) is 11.4 Å². The van der Waals surface area contributed by atoms with Crippen LogP contribution in [-0.4, -0.2) is 32.4 Å². The average Bonchev–Trinajstić information content (AvgIpc) is 3.36. The van der Waals surface area contributed by atoms with E-state index in [1.165, 1.54) is 25.0 Å². The number of aryl methyl sites for hydroxylation is 3. The second-order valence-corrected chi connectivity index (χ2v) is 11.9.